The minimum atomic E-state index is -0.397. The van der Waals surface area contributed by atoms with Crippen molar-refractivity contribution in [1.29, 1.82) is 0 Å². The number of hydrogen-bond acceptors (Lipinski definition) is 5. The van der Waals surface area contributed by atoms with Crippen LogP contribution in [0.4, 0.5) is 0 Å². The highest BCUT2D eigenvalue weighted by Crippen LogP contribution is 2.37. The summed E-state index contributed by atoms with van der Waals surface area (Å²) in [5.74, 6) is 0.762. The van der Waals surface area contributed by atoms with E-state index in [9.17, 15) is 9.59 Å². The van der Waals surface area contributed by atoms with Crippen molar-refractivity contribution >= 4 is 27.8 Å². The van der Waals surface area contributed by atoms with E-state index in [0.29, 0.717) is 29.7 Å². The fraction of sp³-hybridized carbons (Fsp3) is 0.333. The predicted molar refractivity (Wildman–Crippen MR) is 132 cm³/mol. The molecule has 0 atom stereocenters. The van der Waals surface area contributed by atoms with Crippen LogP contribution < -0.4 is 10.9 Å². The van der Waals surface area contributed by atoms with E-state index >= 15 is 0 Å². The SMILES string of the molecule is Cc1oc2cc3oc(=O)c(CCC(=O)NCCCN(C)C)c(C)c3cc2c1-c1ccccc1. The van der Waals surface area contributed by atoms with Gasteiger partial charge in [-0.25, -0.2) is 4.79 Å². The van der Waals surface area contributed by atoms with E-state index in [2.05, 4.69) is 22.3 Å². The Hall–Kier alpha value is -3.38. The van der Waals surface area contributed by atoms with Crippen molar-refractivity contribution in [1.82, 2.24) is 10.2 Å². The number of amides is 1. The lowest BCUT2D eigenvalue weighted by Gasteiger charge is -2.10. The van der Waals surface area contributed by atoms with Gasteiger partial charge in [0.2, 0.25) is 5.91 Å². The Bertz CT molecular complexity index is 1350. The van der Waals surface area contributed by atoms with Crippen LogP contribution in [0.5, 0.6) is 0 Å². The summed E-state index contributed by atoms with van der Waals surface area (Å²) < 4.78 is 11.6. The van der Waals surface area contributed by atoms with Crippen molar-refractivity contribution in [2.45, 2.75) is 33.1 Å². The monoisotopic (exact) mass is 446 g/mol. The molecule has 0 saturated heterocycles. The molecule has 6 nitrogen and oxygen atoms in total. The summed E-state index contributed by atoms with van der Waals surface area (Å²) in [4.78, 5) is 27.0. The van der Waals surface area contributed by atoms with Crippen LogP contribution in [-0.4, -0.2) is 38.0 Å². The third-order valence-corrected chi connectivity index (χ3v) is 6.04. The number of rotatable bonds is 8. The smallest absolute Gasteiger partial charge is 0.339 e. The van der Waals surface area contributed by atoms with Gasteiger partial charge < -0.3 is 19.1 Å². The molecule has 2 heterocycles. The molecule has 0 unspecified atom stereocenters. The second-order valence-corrected chi connectivity index (χ2v) is 8.74. The Balaban J connectivity index is 1.63. The fourth-order valence-corrected chi connectivity index (χ4v) is 4.30. The summed E-state index contributed by atoms with van der Waals surface area (Å²) in [5, 5.41) is 4.77. The summed E-state index contributed by atoms with van der Waals surface area (Å²) in [7, 11) is 4.01. The lowest BCUT2D eigenvalue weighted by molar-refractivity contribution is -0.121. The highest BCUT2D eigenvalue weighted by atomic mass is 16.4. The molecule has 0 aliphatic carbocycles. The normalized spacial score (nSPS) is 11.5. The number of carbonyl (C=O) groups excluding carboxylic acids is 1. The maximum absolute atomic E-state index is 12.7. The summed E-state index contributed by atoms with van der Waals surface area (Å²) in [6.45, 7) is 5.41. The molecule has 1 amide bonds. The second kappa shape index (κ2) is 9.63. The van der Waals surface area contributed by atoms with Gasteiger partial charge in [-0.1, -0.05) is 30.3 Å². The first-order chi connectivity index (χ1) is 15.8. The molecule has 0 saturated carbocycles. The van der Waals surface area contributed by atoms with Gasteiger partial charge >= 0.3 is 5.63 Å². The van der Waals surface area contributed by atoms with Crippen LogP contribution in [0.1, 0.15) is 29.7 Å². The third kappa shape index (κ3) is 4.86. The number of nitrogens with one attached hydrogen (secondary N) is 1. The number of carbonyl (C=O) groups is 1. The Labute approximate surface area is 193 Å². The molecule has 4 aromatic rings. The Kier molecular flexibility index (Phi) is 6.65. The van der Waals surface area contributed by atoms with Crippen LogP contribution in [0.15, 0.2) is 56.1 Å². The van der Waals surface area contributed by atoms with Crippen LogP contribution >= 0.6 is 0 Å². The van der Waals surface area contributed by atoms with E-state index in [0.717, 1.165) is 46.2 Å². The van der Waals surface area contributed by atoms with Gasteiger partial charge in [-0.05, 0) is 64.5 Å². The van der Waals surface area contributed by atoms with E-state index in [4.69, 9.17) is 8.83 Å². The molecule has 0 aliphatic heterocycles. The molecule has 0 spiro atoms. The predicted octanol–water partition coefficient (Wildman–Crippen LogP) is 4.82. The third-order valence-electron chi connectivity index (χ3n) is 6.04. The van der Waals surface area contributed by atoms with Crippen molar-refractivity contribution in [3.8, 4) is 11.1 Å². The zero-order valence-electron chi connectivity index (χ0n) is 19.7. The summed E-state index contributed by atoms with van der Waals surface area (Å²) in [6, 6.07) is 13.9. The Morgan fingerprint density at radius 2 is 1.73 bits per heavy atom. The average Bonchev–Trinajstić information content (AvgIpc) is 3.10. The summed E-state index contributed by atoms with van der Waals surface area (Å²) in [6.07, 6.45) is 1.48. The lowest BCUT2D eigenvalue weighted by atomic mass is 9.98. The first-order valence-corrected chi connectivity index (χ1v) is 11.3. The highest BCUT2D eigenvalue weighted by molar-refractivity contribution is 6.03. The molecule has 2 aromatic heterocycles. The summed E-state index contributed by atoms with van der Waals surface area (Å²) in [5.41, 5.74) is 4.30. The minimum absolute atomic E-state index is 0.0556. The zero-order valence-corrected chi connectivity index (χ0v) is 19.7. The summed E-state index contributed by atoms with van der Waals surface area (Å²) >= 11 is 0. The largest absolute Gasteiger partial charge is 0.461 e. The molecule has 0 fully saturated rings. The quantitative estimate of drug-likeness (QED) is 0.310. The zero-order chi connectivity index (χ0) is 23.5. The molecule has 1 N–H and O–H groups in total. The lowest BCUT2D eigenvalue weighted by Crippen LogP contribution is -2.27. The van der Waals surface area contributed by atoms with Crippen LogP contribution in [0, 0.1) is 13.8 Å². The van der Waals surface area contributed by atoms with Gasteiger partial charge in [-0.15, -0.1) is 0 Å². The number of aryl methyl sites for hydroxylation is 2. The first-order valence-electron chi connectivity index (χ1n) is 11.3. The topological polar surface area (TPSA) is 75.7 Å². The van der Waals surface area contributed by atoms with Crippen molar-refractivity contribution in [2.24, 2.45) is 0 Å². The van der Waals surface area contributed by atoms with Crippen molar-refractivity contribution < 1.29 is 13.6 Å². The van der Waals surface area contributed by atoms with Crippen molar-refractivity contribution in [2.75, 3.05) is 27.2 Å². The molecule has 33 heavy (non-hydrogen) atoms. The molecule has 0 radical (unpaired) electrons. The molecular formula is C27H30N2O4. The number of nitrogens with zero attached hydrogens (tertiary/aromatic N) is 1. The van der Waals surface area contributed by atoms with Gasteiger partial charge in [0.25, 0.3) is 0 Å². The van der Waals surface area contributed by atoms with E-state index in [1.807, 2.05) is 52.2 Å². The number of hydrogen-bond donors (Lipinski definition) is 1. The minimum Gasteiger partial charge on any atom is -0.461 e. The van der Waals surface area contributed by atoms with Crippen LogP contribution in [0.3, 0.4) is 0 Å². The molecule has 4 rings (SSSR count). The Morgan fingerprint density at radius 3 is 2.45 bits per heavy atom. The van der Waals surface area contributed by atoms with E-state index in [1.165, 1.54) is 0 Å². The van der Waals surface area contributed by atoms with Crippen LogP contribution in [-0.2, 0) is 11.2 Å². The average molecular weight is 447 g/mol. The van der Waals surface area contributed by atoms with E-state index < -0.39 is 5.63 Å². The van der Waals surface area contributed by atoms with E-state index in [-0.39, 0.29) is 12.3 Å². The van der Waals surface area contributed by atoms with Gasteiger partial charge in [0, 0.05) is 40.9 Å². The Morgan fingerprint density at radius 1 is 1.00 bits per heavy atom. The van der Waals surface area contributed by atoms with Gasteiger partial charge in [0.1, 0.15) is 16.9 Å². The van der Waals surface area contributed by atoms with Gasteiger partial charge in [-0.2, -0.15) is 0 Å². The van der Waals surface area contributed by atoms with Crippen molar-refractivity contribution in [3.63, 3.8) is 0 Å². The number of benzene rings is 2. The van der Waals surface area contributed by atoms with Gasteiger partial charge in [0.05, 0.1) is 0 Å². The molecule has 0 bridgehead atoms. The second-order valence-electron chi connectivity index (χ2n) is 8.74. The maximum Gasteiger partial charge on any atom is 0.339 e. The maximum atomic E-state index is 12.7. The van der Waals surface area contributed by atoms with Crippen LogP contribution in [0.2, 0.25) is 0 Å². The highest BCUT2D eigenvalue weighted by Gasteiger charge is 2.18. The standard InChI is InChI=1S/C27H30N2O4/c1-17-20(11-12-25(30)28-13-8-14-29(3)4)27(31)33-23-16-24-22(15-21(17)23)26(18(2)32-24)19-9-6-5-7-10-19/h5-7,9-10,15-16H,8,11-14H2,1-4H3,(H,28,30). The first kappa shape index (κ1) is 22.8. The molecule has 2 aromatic carbocycles. The van der Waals surface area contributed by atoms with Gasteiger partial charge in [0.15, 0.2) is 0 Å². The van der Waals surface area contributed by atoms with Crippen LogP contribution in [0.25, 0.3) is 33.1 Å². The van der Waals surface area contributed by atoms with Crippen molar-refractivity contribution in [3.05, 3.63) is 69.8 Å². The molecule has 0 aliphatic rings. The fourth-order valence-electron chi connectivity index (χ4n) is 4.30. The van der Waals surface area contributed by atoms with E-state index in [1.54, 1.807) is 6.07 Å². The molecule has 6 heteroatoms. The van der Waals surface area contributed by atoms with Gasteiger partial charge in [-0.3, -0.25) is 4.79 Å². The number of furan rings is 1. The molecule has 172 valence electrons. The molecular weight excluding hydrogens is 416 g/mol. The number of fused-ring (bicyclic) bond motifs is 2.